The van der Waals surface area contributed by atoms with Gasteiger partial charge in [-0.2, -0.15) is 13.2 Å². The van der Waals surface area contributed by atoms with Crippen molar-refractivity contribution in [1.82, 2.24) is 4.91 Å². The molecular formula is C5H7F3N3O2+. The second-order valence-corrected chi connectivity index (χ2v) is 2.14. The van der Waals surface area contributed by atoms with E-state index in [0.29, 0.717) is 0 Å². The van der Waals surface area contributed by atoms with Gasteiger partial charge in [0.2, 0.25) is 4.91 Å². The van der Waals surface area contributed by atoms with Crippen molar-refractivity contribution in [2.75, 3.05) is 6.54 Å². The van der Waals surface area contributed by atoms with Crippen molar-refractivity contribution >= 4 is 5.97 Å². The number of alkyl halides is 3. The molecule has 0 aromatic rings. The minimum Gasteiger partial charge on any atom is -0.454 e. The van der Waals surface area contributed by atoms with Gasteiger partial charge in [0.1, 0.15) is 16.7 Å². The van der Waals surface area contributed by atoms with Crippen molar-refractivity contribution in [2.24, 2.45) is 5.11 Å². The molecule has 0 aliphatic carbocycles. The van der Waals surface area contributed by atoms with Gasteiger partial charge in [0.15, 0.2) is 6.54 Å². The number of carbonyl (C=O) groups excluding carboxylic acids is 1. The van der Waals surface area contributed by atoms with Crippen LogP contribution in [0.1, 0.15) is 6.92 Å². The summed E-state index contributed by atoms with van der Waals surface area (Å²) in [5, 5.41) is 3.05. The molecule has 0 heterocycles. The highest BCUT2D eigenvalue weighted by atomic mass is 19.4. The average Bonchev–Trinajstić information content (AvgIpc) is 1.99. The van der Waals surface area contributed by atoms with E-state index in [-0.39, 0.29) is 6.54 Å². The maximum atomic E-state index is 11.6. The molecule has 1 N–H and O–H groups in total. The molecule has 0 rings (SSSR count). The Balaban J connectivity index is 3.99. The Morgan fingerprint density at radius 1 is 1.69 bits per heavy atom. The molecule has 1 atom stereocenters. The summed E-state index contributed by atoms with van der Waals surface area (Å²) >= 11 is 0. The number of rotatable bonds is 3. The first-order valence-electron chi connectivity index (χ1n) is 3.19. The smallest absolute Gasteiger partial charge is 0.454 e. The highest BCUT2D eigenvalue weighted by Crippen LogP contribution is 2.17. The summed E-state index contributed by atoms with van der Waals surface area (Å²) in [5.74, 6) is -2.26. The number of nitrogens with zero attached hydrogens (tertiary/aromatic N) is 2. The predicted molar refractivity (Wildman–Crippen MR) is 33.8 cm³/mol. The van der Waals surface area contributed by atoms with Gasteiger partial charge in [-0.15, -0.1) is 0 Å². The minimum absolute atomic E-state index is 0.259. The van der Waals surface area contributed by atoms with Crippen LogP contribution in [-0.4, -0.2) is 24.8 Å². The number of nitrogens with one attached hydrogen (secondary N) is 1. The zero-order valence-electron chi connectivity index (χ0n) is 6.63. The standard InChI is InChI=1S/C5H7F3N3O2/c1-3(2-10-11-9)13-4(12)5(6,7)8/h3,9H,2H2,1H3/q+1. The molecule has 8 heteroatoms. The molecule has 13 heavy (non-hydrogen) atoms. The Bertz CT molecular complexity index is 234. The van der Waals surface area contributed by atoms with E-state index < -0.39 is 18.2 Å². The summed E-state index contributed by atoms with van der Waals surface area (Å²) in [6.45, 7) is 0.962. The Labute approximate surface area is 71.1 Å². The van der Waals surface area contributed by atoms with Gasteiger partial charge in [-0.25, -0.2) is 4.79 Å². The number of halogens is 3. The molecule has 0 spiro atoms. The van der Waals surface area contributed by atoms with Gasteiger partial charge in [-0.05, 0) is 6.92 Å². The largest absolute Gasteiger partial charge is 0.490 e. The molecule has 1 unspecified atom stereocenters. The molecule has 0 aromatic carbocycles. The molecule has 0 saturated heterocycles. The van der Waals surface area contributed by atoms with Crippen molar-refractivity contribution in [3.05, 3.63) is 0 Å². The Morgan fingerprint density at radius 3 is 2.62 bits per heavy atom. The lowest BCUT2D eigenvalue weighted by molar-refractivity contribution is -0.203. The lowest BCUT2D eigenvalue weighted by Crippen LogP contribution is -2.30. The topological polar surface area (TPSA) is 76.6 Å². The number of ether oxygens (including phenoxy) is 1. The first kappa shape index (κ1) is 11.6. The molecular weight excluding hydrogens is 191 g/mol. The van der Waals surface area contributed by atoms with Gasteiger partial charge < -0.3 is 4.74 Å². The summed E-state index contributed by atoms with van der Waals surface area (Å²) in [7, 11) is 0. The molecule has 0 aliphatic heterocycles. The fourth-order valence-electron chi connectivity index (χ4n) is 0.443. The van der Waals surface area contributed by atoms with E-state index in [4.69, 9.17) is 5.53 Å². The van der Waals surface area contributed by atoms with E-state index in [1.54, 1.807) is 0 Å². The third kappa shape index (κ3) is 4.91. The maximum absolute atomic E-state index is 11.6. The summed E-state index contributed by atoms with van der Waals surface area (Å²) in [6, 6.07) is 0. The van der Waals surface area contributed by atoms with Crippen molar-refractivity contribution in [3.8, 4) is 0 Å². The predicted octanol–water partition coefficient (Wildman–Crippen LogP) is 1.03. The fourth-order valence-corrected chi connectivity index (χ4v) is 0.443. The van der Waals surface area contributed by atoms with Crippen LogP contribution < -0.4 is 4.91 Å². The lowest BCUT2D eigenvalue weighted by atomic mass is 10.4. The van der Waals surface area contributed by atoms with Crippen LogP contribution in [0.25, 0.3) is 0 Å². The van der Waals surface area contributed by atoms with Crippen molar-refractivity contribution in [1.29, 1.82) is 5.53 Å². The summed E-state index contributed by atoms with van der Waals surface area (Å²) in [4.78, 5) is 12.7. The summed E-state index contributed by atoms with van der Waals surface area (Å²) in [6.07, 6.45) is -6.03. The third-order valence-corrected chi connectivity index (χ3v) is 0.949. The molecule has 5 nitrogen and oxygen atoms in total. The van der Waals surface area contributed by atoms with E-state index >= 15 is 0 Å². The van der Waals surface area contributed by atoms with E-state index in [0.717, 1.165) is 0 Å². The molecule has 0 aromatic heterocycles. The second kappa shape index (κ2) is 4.56. The number of esters is 1. The normalized spacial score (nSPS) is 12.9. The van der Waals surface area contributed by atoms with Crippen molar-refractivity contribution < 1.29 is 22.7 Å². The Hall–Kier alpha value is -1.43. The molecule has 0 fully saturated rings. The zero-order chi connectivity index (χ0) is 10.5. The number of carbonyl (C=O) groups is 1. The lowest BCUT2D eigenvalue weighted by Gasteiger charge is -2.09. The molecule has 0 amide bonds. The van der Waals surface area contributed by atoms with Crippen LogP contribution in [0.5, 0.6) is 0 Å². The minimum atomic E-state index is -4.99. The van der Waals surface area contributed by atoms with Crippen LogP contribution in [0.2, 0.25) is 0 Å². The van der Waals surface area contributed by atoms with Crippen LogP contribution in [-0.2, 0) is 9.53 Å². The molecule has 0 saturated carbocycles. The number of hydrogen-bond acceptors (Lipinski definition) is 4. The summed E-state index contributed by atoms with van der Waals surface area (Å²) in [5.41, 5.74) is 6.20. The van der Waals surface area contributed by atoms with Gasteiger partial charge in [0, 0.05) is 0 Å². The molecule has 0 aliphatic rings. The van der Waals surface area contributed by atoms with Gasteiger partial charge in [0.05, 0.1) is 0 Å². The Kier molecular flexibility index (Phi) is 4.06. The molecule has 0 bridgehead atoms. The van der Waals surface area contributed by atoms with E-state index in [1.165, 1.54) is 6.92 Å². The Morgan fingerprint density at radius 2 is 2.23 bits per heavy atom. The SMILES string of the molecule is CC(CN=[N+]=N)OC(=O)C(F)(F)F. The van der Waals surface area contributed by atoms with Gasteiger partial charge in [-0.1, -0.05) is 0 Å². The van der Waals surface area contributed by atoms with Gasteiger partial charge >= 0.3 is 12.1 Å². The maximum Gasteiger partial charge on any atom is 0.490 e. The third-order valence-electron chi connectivity index (χ3n) is 0.949. The van der Waals surface area contributed by atoms with Crippen LogP contribution >= 0.6 is 0 Å². The highest BCUT2D eigenvalue weighted by Gasteiger charge is 2.41. The van der Waals surface area contributed by atoms with Crippen LogP contribution in [0, 0.1) is 5.53 Å². The summed E-state index contributed by atoms with van der Waals surface area (Å²) < 4.78 is 38.6. The van der Waals surface area contributed by atoms with Gasteiger partial charge in [0.25, 0.3) is 0 Å². The van der Waals surface area contributed by atoms with Crippen molar-refractivity contribution in [3.63, 3.8) is 0 Å². The molecule has 74 valence electrons. The van der Waals surface area contributed by atoms with Crippen LogP contribution in [0.15, 0.2) is 5.11 Å². The first-order valence-corrected chi connectivity index (χ1v) is 3.19. The molecule has 0 radical (unpaired) electrons. The highest BCUT2D eigenvalue weighted by molar-refractivity contribution is 5.75. The van der Waals surface area contributed by atoms with E-state index in [1.807, 2.05) is 0 Å². The monoisotopic (exact) mass is 198 g/mol. The van der Waals surface area contributed by atoms with Crippen molar-refractivity contribution in [2.45, 2.75) is 19.2 Å². The zero-order valence-corrected chi connectivity index (χ0v) is 6.63. The van der Waals surface area contributed by atoms with E-state index in [9.17, 15) is 18.0 Å². The first-order chi connectivity index (χ1) is 5.88. The quantitative estimate of drug-likeness (QED) is 0.417. The second-order valence-electron chi connectivity index (χ2n) is 2.14. The van der Waals surface area contributed by atoms with Crippen LogP contribution in [0.3, 0.4) is 0 Å². The number of hydrogen-bond donors (Lipinski definition) is 1. The van der Waals surface area contributed by atoms with Crippen LogP contribution in [0.4, 0.5) is 13.2 Å². The fraction of sp³-hybridized carbons (Fsp3) is 0.800. The van der Waals surface area contributed by atoms with Gasteiger partial charge in [-0.3, -0.25) is 0 Å². The average molecular weight is 198 g/mol. The van der Waals surface area contributed by atoms with E-state index in [2.05, 4.69) is 14.8 Å².